The molecular formula is C18H24N2OS. The van der Waals surface area contributed by atoms with Crippen molar-refractivity contribution in [3.63, 3.8) is 0 Å². The first kappa shape index (κ1) is 15.5. The predicted octanol–water partition coefficient (Wildman–Crippen LogP) is 4.40. The maximum absolute atomic E-state index is 6.10. The molecule has 0 aliphatic heterocycles. The third kappa shape index (κ3) is 4.08. The van der Waals surface area contributed by atoms with Gasteiger partial charge in [-0.05, 0) is 57.4 Å². The molecule has 0 amide bonds. The molecule has 2 aromatic rings. The minimum atomic E-state index is 0.424. The number of thiazole rings is 1. The van der Waals surface area contributed by atoms with Crippen molar-refractivity contribution in [1.29, 1.82) is 0 Å². The number of hydrogen-bond acceptors (Lipinski definition) is 4. The van der Waals surface area contributed by atoms with E-state index in [1.54, 1.807) is 11.3 Å². The van der Waals surface area contributed by atoms with Crippen LogP contribution in [-0.2, 0) is 13.1 Å². The van der Waals surface area contributed by atoms with E-state index in [9.17, 15) is 0 Å². The minimum Gasteiger partial charge on any atom is -0.490 e. The van der Waals surface area contributed by atoms with Gasteiger partial charge in [0.1, 0.15) is 5.75 Å². The lowest BCUT2D eigenvalue weighted by Gasteiger charge is -2.18. The van der Waals surface area contributed by atoms with Crippen molar-refractivity contribution in [1.82, 2.24) is 9.88 Å². The molecule has 1 aliphatic rings. The van der Waals surface area contributed by atoms with Gasteiger partial charge in [-0.25, -0.2) is 4.98 Å². The van der Waals surface area contributed by atoms with Gasteiger partial charge in [0, 0.05) is 18.0 Å². The molecule has 0 N–H and O–H groups in total. The summed E-state index contributed by atoms with van der Waals surface area (Å²) in [5.41, 5.74) is 4.38. The fourth-order valence-corrected chi connectivity index (χ4v) is 3.86. The van der Waals surface area contributed by atoms with Crippen LogP contribution in [0.3, 0.4) is 0 Å². The monoisotopic (exact) mass is 316 g/mol. The highest BCUT2D eigenvalue weighted by molar-refractivity contribution is 7.09. The van der Waals surface area contributed by atoms with Crippen molar-refractivity contribution in [2.24, 2.45) is 0 Å². The molecule has 4 heteroatoms. The molecule has 118 valence electrons. The number of nitrogens with zero attached hydrogens (tertiary/aromatic N) is 2. The third-order valence-corrected chi connectivity index (χ3v) is 5.13. The fraction of sp³-hybridized carbons (Fsp3) is 0.500. The van der Waals surface area contributed by atoms with Gasteiger partial charge in [-0.2, -0.15) is 0 Å². The zero-order valence-electron chi connectivity index (χ0n) is 13.4. The summed E-state index contributed by atoms with van der Waals surface area (Å²) in [4.78, 5) is 8.00. The average molecular weight is 316 g/mol. The van der Waals surface area contributed by atoms with Gasteiger partial charge in [0.25, 0.3) is 0 Å². The van der Waals surface area contributed by atoms with Crippen LogP contribution < -0.4 is 4.74 Å². The quantitative estimate of drug-likeness (QED) is 0.789. The molecule has 1 aromatic heterocycles. The molecule has 0 atom stereocenters. The molecule has 3 nitrogen and oxygen atoms in total. The lowest BCUT2D eigenvalue weighted by molar-refractivity contribution is 0.209. The standard InChI is InChI=1S/C18H24N2OS/c1-14-18(22-13-19-14)12-20(2)11-15-6-5-9-17(10-15)21-16-7-3-4-8-16/h5-6,9-10,13,16H,3-4,7-8,11-12H2,1-2H3. The van der Waals surface area contributed by atoms with Crippen molar-refractivity contribution < 1.29 is 4.74 Å². The molecule has 0 bridgehead atoms. The summed E-state index contributed by atoms with van der Waals surface area (Å²) < 4.78 is 6.10. The molecule has 22 heavy (non-hydrogen) atoms. The smallest absolute Gasteiger partial charge is 0.120 e. The topological polar surface area (TPSA) is 25.4 Å². The fourth-order valence-electron chi connectivity index (χ4n) is 3.01. The highest BCUT2D eigenvalue weighted by Crippen LogP contribution is 2.25. The van der Waals surface area contributed by atoms with E-state index in [0.29, 0.717) is 6.10 Å². The number of aromatic nitrogens is 1. The zero-order valence-corrected chi connectivity index (χ0v) is 14.2. The lowest BCUT2D eigenvalue weighted by atomic mass is 10.2. The van der Waals surface area contributed by atoms with Gasteiger partial charge in [0.15, 0.2) is 0 Å². The Labute approximate surface area is 137 Å². The van der Waals surface area contributed by atoms with Gasteiger partial charge < -0.3 is 4.74 Å². The number of rotatable bonds is 6. The van der Waals surface area contributed by atoms with Crippen LogP contribution in [0.2, 0.25) is 0 Å². The first-order valence-corrected chi connectivity index (χ1v) is 8.92. The first-order valence-electron chi connectivity index (χ1n) is 8.04. The highest BCUT2D eigenvalue weighted by atomic mass is 32.1. The van der Waals surface area contributed by atoms with Crippen LogP contribution in [0.25, 0.3) is 0 Å². The van der Waals surface area contributed by atoms with E-state index in [1.807, 2.05) is 5.51 Å². The van der Waals surface area contributed by atoms with Gasteiger partial charge in [0.2, 0.25) is 0 Å². The maximum atomic E-state index is 6.10. The van der Waals surface area contributed by atoms with E-state index in [4.69, 9.17) is 4.74 Å². The zero-order chi connectivity index (χ0) is 15.4. The summed E-state index contributed by atoms with van der Waals surface area (Å²) in [5, 5.41) is 0. The van der Waals surface area contributed by atoms with E-state index in [-0.39, 0.29) is 0 Å². The predicted molar refractivity (Wildman–Crippen MR) is 91.3 cm³/mol. The van der Waals surface area contributed by atoms with Crippen LogP contribution in [-0.4, -0.2) is 23.0 Å². The summed E-state index contributed by atoms with van der Waals surface area (Å²) >= 11 is 1.74. The first-order chi connectivity index (χ1) is 10.7. The molecule has 0 spiro atoms. The summed E-state index contributed by atoms with van der Waals surface area (Å²) in [6.07, 6.45) is 5.44. The van der Waals surface area contributed by atoms with Crippen molar-refractivity contribution in [2.75, 3.05) is 7.05 Å². The van der Waals surface area contributed by atoms with Crippen molar-refractivity contribution >= 4 is 11.3 Å². The summed E-state index contributed by atoms with van der Waals surface area (Å²) in [7, 11) is 2.16. The largest absolute Gasteiger partial charge is 0.490 e. The molecule has 0 saturated heterocycles. The Morgan fingerprint density at radius 3 is 2.82 bits per heavy atom. The van der Waals surface area contributed by atoms with Crippen LogP contribution in [0.5, 0.6) is 5.75 Å². The molecule has 0 unspecified atom stereocenters. The Balaban J connectivity index is 1.58. The van der Waals surface area contributed by atoms with Crippen LogP contribution in [0.15, 0.2) is 29.8 Å². The van der Waals surface area contributed by atoms with Crippen molar-refractivity contribution in [3.8, 4) is 5.75 Å². The van der Waals surface area contributed by atoms with Gasteiger partial charge in [-0.15, -0.1) is 11.3 Å². The Hall–Kier alpha value is -1.39. The summed E-state index contributed by atoms with van der Waals surface area (Å²) in [6.45, 7) is 3.96. The van der Waals surface area contributed by atoms with Crippen LogP contribution in [0.4, 0.5) is 0 Å². The number of hydrogen-bond donors (Lipinski definition) is 0. The summed E-state index contributed by atoms with van der Waals surface area (Å²) in [6, 6.07) is 8.55. The molecule has 1 aliphatic carbocycles. The average Bonchev–Trinajstić information content (AvgIpc) is 3.12. The second-order valence-corrected chi connectivity index (χ2v) is 7.14. The van der Waals surface area contributed by atoms with Crippen LogP contribution in [0, 0.1) is 6.92 Å². The van der Waals surface area contributed by atoms with Crippen LogP contribution in [0.1, 0.15) is 41.8 Å². The van der Waals surface area contributed by atoms with E-state index in [1.165, 1.54) is 36.1 Å². The van der Waals surface area contributed by atoms with Gasteiger partial charge in [-0.1, -0.05) is 12.1 Å². The number of benzene rings is 1. The molecule has 1 heterocycles. The van der Waals surface area contributed by atoms with Gasteiger partial charge in [0.05, 0.1) is 17.3 Å². The molecular weight excluding hydrogens is 292 g/mol. The Morgan fingerprint density at radius 2 is 2.09 bits per heavy atom. The Bertz CT molecular complexity index is 605. The van der Waals surface area contributed by atoms with E-state index < -0.39 is 0 Å². The van der Waals surface area contributed by atoms with E-state index in [2.05, 4.69) is 48.1 Å². The second-order valence-electron chi connectivity index (χ2n) is 6.20. The third-order valence-electron chi connectivity index (χ3n) is 4.21. The number of aryl methyl sites for hydroxylation is 1. The normalized spacial score (nSPS) is 15.6. The van der Waals surface area contributed by atoms with E-state index in [0.717, 1.165) is 24.5 Å². The maximum Gasteiger partial charge on any atom is 0.120 e. The van der Waals surface area contributed by atoms with E-state index >= 15 is 0 Å². The second kappa shape index (κ2) is 7.25. The number of ether oxygens (including phenoxy) is 1. The highest BCUT2D eigenvalue weighted by Gasteiger charge is 2.16. The lowest BCUT2D eigenvalue weighted by Crippen LogP contribution is -2.17. The SMILES string of the molecule is Cc1ncsc1CN(C)Cc1cccc(OC2CCCC2)c1. The molecule has 1 aromatic carbocycles. The molecule has 3 rings (SSSR count). The minimum absolute atomic E-state index is 0.424. The molecule has 0 radical (unpaired) electrons. The molecule has 1 fully saturated rings. The molecule has 1 saturated carbocycles. The van der Waals surface area contributed by atoms with Crippen molar-refractivity contribution in [2.45, 2.75) is 51.8 Å². The summed E-state index contributed by atoms with van der Waals surface area (Å²) in [5.74, 6) is 1.02. The Kier molecular flexibility index (Phi) is 5.11. The Morgan fingerprint density at radius 1 is 1.27 bits per heavy atom. The van der Waals surface area contributed by atoms with Gasteiger partial charge >= 0.3 is 0 Å². The van der Waals surface area contributed by atoms with Crippen molar-refractivity contribution in [3.05, 3.63) is 45.9 Å². The van der Waals surface area contributed by atoms with Gasteiger partial charge in [-0.3, -0.25) is 4.90 Å². The van der Waals surface area contributed by atoms with Crippen LogP contribution >= 0.6 is 11.3 Å².